The number of anilines is 1. The molecule has 5 aromatic rings. The highest BCUT2D eigenvalue weighted by Crippen LogP contribution is 2.25. The summed E-state index contributed by atoms with van der Waals surface area (Å²) in [6.07, 6.45) is 4.82. The van der Waals surface area contributed by atoms with Crippen molar-refractivity contribution in [3.63, 3.8) is 0 Å². The van der Waals surface area contributed by atoms with Crippen molar-refractivity contribution < 1.29 is 8.42 Å². The molecule has 0 bridgehead atoms. The Bertz CT molecular complexity index is 1400. The number of aromatic nitrogens is 4. The molecule has 0 aliphatic heterocycles. The van der Waals surface area contributed by atoms with Crippen molar-refractivity contribution in [3.05, 3.63) is 79.4 Å². The number of fused-ring (bicyclic) bond motifs is 2. The third-order valence-corrected chi connectivity index (χ3v) is 5.98. The first kappa shape index (κ1) is 16.5. The summed E-state index contributed by atoms with van der Waals surface area (Å²) in [4.78, 5) is 11.6. The molecular weight excluding hydrogens is 374 g/mol. The number of imidazole rings is 1. The Labute approximate surface area is 160 Å². The number of nitrogens with zero attached hydrogens (tertiary/aromatic N) is 3. The molecule has 0 atom stereocenters. The standard InChI is InChI=1S/C20H15N5O2S/c26-28(27,19-12-22-20-16(19)4-3-11-21-20)24-14-7-9-15(10-8-14)25-13-23-17-5-1-2-6-18(17)25/h1-13,24H,(H,21,22). The van der Waals surface area contributed by atoms with Crippen LogP contribution >= 0.6 is 0 Å². The molecule has 2 aromatic carbocycles. The van der Waals surface area contributed by atoms with Gasteiger partial charge in [0, 0.05) is 29.2 Å². The molecule has 0 spiro atoms. The number of benzene rings is 2. The third-order valence-electron chi connectivity index (χ3n) is 4.55. The first-order chi connectivity index (χ1) is 13.6. The van der Waals surface area contributed by atoms with Gasteiger partial charge >= 0.3 is 0 Å². The van der Waals surface area contributed by atoms with Crippen molar-refractivity contribution in [3.8, 4) is 5.69 Å². The van der Waals surface area contributed by atoms with Gasteiger partial charge in [-0.2, -0.15) is 0 Å². The minimum absolute atomic E-state index is 0.167. The van der Waals surface area contributed by atoms with Gasteiger partial charge in [0.1, 0.15) is 16.9 Å². The van der Waals surface area contributed by atoms with E-state index in [1.54, 1.807) is 36.8 Å². The molecule has 3 heterocycles. The van der Waals surface area contributed by atoms with E-state index in [1.165, 1.54) is 6.20 Å². The van der Waals surface area contributed by atoms with Crippen LogP contribution in [0.15, 0.2) is 84.3 Å². The molecule has 138 valence electrons. The van der Waals surface area contributed by atoms with Crippen LogP contribution in [0.2, 0.25) is 0 Å². The molecule has 3 aromatic heterocycles. The van der Waals surface area contributed by atoms with Crippen LogP contribution in [-0.4, -0.2) is 27.9 Å². The topological polar surface area (TPSA) is 92.7 Å². The molecule has 8 heteroatoms. The number of para-hydroxylation sites is 2. The molecule has 7 nitrogen and oxygen atoms in total. The lowest BCUT2D eigenvalue weighted by Gasteiger charge is -2.09. The number of pyridine rings is 1. The summed E-state index contributed by atoms with van der Waals surface area (Å²) in [6.45, 7) is 0. The first-order valence-corrected chi connectivity index (χ1v) is 10.1. The predicted molar refractivity (Wildman–Crippen MR) is 108 cm³/mol. The van der Waals surface area contributed by atoms with Crippen molar-refractivity contribution in [2.75, 3.05) is 4.72 Å². The second kappa shape index (κ2) is 6.21. The maximum absolute atomic E-state index is 12.8. The molecule has 0 saturated heterocycles. The molecule has 0 aliphatic carbocycles. The van der Waals surface area contributed by atoms with E-state index in [9.17, 15) is 8.42 Å². The summed E-state index contributed by atoms with van der Waals surface area (Å²) >= 11 is 0. The smallest absolute Gasteiger partial charge is 0.264 e. The summed E-state index contributed by atoms with van der Waals surface area (Å²) in [5.41, 5.74) is 3.80. The molecular formula is C20H15N5O2S. The molecule has 0 fully saturated rings. The first-order valence-electron chi connectivity index (χ1n) is 8.59. The fraction of sp³-hybridized carbons (Fsp3) is 0. The van der Waals surface area contributed by atoms with Crippen molar-refractivity contribution in [2.45, 2.75) is 4.90 Å². The maximum atomic E-state index is 12.8. The number of hydrogen-bond acceptors (Lipinski definition) is 4. The maximum Gasteiger partial charge on any atom is 0.264 e. The summed E-state index contributed by atoms with van der Waals surface area (Å²) < 4.78 is 30.2. The van der Waals surface area contributed by atoms with Crippen LogP contribution in [0.4, 0.5) is 5.69 Å². The van der Waals surface area contributed by atoms with E-state index in [1.807, 2.05) is 41.0 Å². The van der Waals surface area contributed by atoms with Gasteiger partial charge < -0.3 is 4.98 Å². The number of sulfonamides is 1. The zero-order chi connectivity index (χ0) is 19.1. The molecule has 5 rings (SSSR count). The Kier molecular flexibility index (Phi) is 3.66. The molecule has 0 amide bonds. The van der Waals surface area contributed by atoms with Gasteiger partial charge in [-0.1, -0.05) is 12.1 Å². The van der Waals surface area contributed by atoms with Crippen LogP contribution in [0, 0.1) is 0 Å². The second-order valence-corrected chi connectivity index (χ2v) is 7.96. The Hall–Kier alpha value is -3.65. The van der Waals surface area contributed by atoms with Gasteiger partial charge in [0.05, 0.1) is 11.0 Å². The average Bonchev–Trinajstić information content (AvgIpc) is 3.33. The lowest BCUT2D eigenvalue weighted by Crippen LogP contribution is -2.12. The van der Waals surface area contributed by atoms with Crippen LogP contribution in [-0.2, 0) is 10.0 Å². The van der Waals surface area contributed by atoms with Crippen molar-refractivity contribution in [1.82, 2.24) is 19.5 Å². The Balaban J connectivity index is 1.46. The highest BCUT2D eigenvalue weighted by molar-refractivity contribution is 7.93. The van der Waals surface area contributed by atoms with Gasteiger partial charge in [-0.15, -0.1) is 0 Å². The van der Waals surface area contributed by atoms with Crippen molar-refractivity contribution >= 4 is 37.8 Å². The third kappa shape index (κ3) is 2.71. The lowest BCUT2D eigenvalue weighted by atomic mass is 10.2. The Morgan fingerprint density at radius 2 is 1.75 bits per heavy atom. The number of nitrogens with one attached hydrogen (secondary N) is 2. The van der Waals surface area contributed by atoms with Crippen molar-refractivity contribution in [2.24, 2.45) is 0 Å². The predicted octanol–water partition coefficient (Wildman–Crippen LogP) is 3.70. The minimum atomic E-state index is -3.74. The van der Waals surface area contributed by atoms with Crippen LogP contribution in [0.25, 0.3) is 27.8 Å². The summed E-state index contributed by atoms with van der Waals surface area (Å²) in [5.74, 6) is 0. The second-order valence-electron chi connectivity index (χ2n) is 6.31. The van der Waals surface area contributed by atoms with Gasteiger partial charge in [0.2, 0.25) is 0 Å². The van der Waals surface area contributed by atoms with Crippen LogP contribution in [0.3, 0.4) is 0 Å². The normalized spacial score (nSPS) is 11.9. The van der Waals surface area contributed by atoms with Crippen LogP contribution in [0.1, 0.15) is 0 Å². The SMILES string of the molecule is O=S(=O)(Nc1ccc(-n2cnc3ccccc32)cc1)c1c[nH]c2ncccc12. The Morgan fingerprint density at radius 3 is 2.61 bits per heavy atom. The zero-order valence-electron chi connectivity index (χ0n) is 14.6. The van der Waals surface area contributed by atoms with Crippen LogP contribution in [0.5, 0.6) is 0 Å². The van der Waals surface area contributed by atoms with Crippen molar-refractivity contribution in [1.29, 1.82) is 0 Å². The van der Waals surface area contributed by atoms with Gasteiger partial charge in [-0.25, -0.2) is 18.4 Å². The largest absolute Gasteiger partial charge is 0.345 e. The molecule has 0 unspecified atom stereocenters. The van der Waals surface area contributed by atoms with Crippen LogP contribution < -0.4 is 4.72 Å². The molecule has 2 N–H and O–H groups in total. The highest BCUT2D eigenvalue weighted by atomic mass is 32.2. The Morgan fingerprint density at radius 1 is 0.929 bits per heavy atom. The molecule has 0 radical (unpaired) electrons. The lowest BCUT2D eigenvalue weighted by molar-refractivity contribution is 0.602. The van der Waals surface area contributed by atoms with Gasteiger partial charge in [0.25, 0.3) is 10.0 Å². The van der Waals surface area contributed by atoms with Gasteiger partial charge in [0.15, 0.2) is 0 Å². The fourth-order valence-corrected chi connectivity index (χ4v) is 4.44. The molecule has 0 aliphatic rings. The zero-order valence-corrected chi connectivity index (χ0v) is 15.4. The monoisotopic (exact) mass is 389 g/mol. The van der Waals surface area contributed by atoms with E-state index in [2.05, 4.69) is 19.7 Å². The van der Waals surface area contributed by atoms with E-state index in [0.717, 1.165) is 16.7 Å². The quantitative estimate of drug-likeness (QED) is 0.490. The van der Waals surface area contributed by atoms with Gasteiger partial charge in [-0.3, -0.25) is 9.29 Å². The van der Waals surface area contributed by atoms with E-state index in [4.69, 9.17) is 0 Å². The minimum Gasteiger partial charge on any atom is -0.345 e. The van der Waals surface area contributed by atoms with E-state index >= 15 is 0 Å². The summed E-state index contributed by atoms with van der Waals surface area (Å²) in [7, 11) is -3.74. The molecule has 0 saturated carbocycles. The van der Waals surface area contributed by atoms with E-state index in [0.29, 0.717) is 16.7 Å². The number of rotatable bonds is 4. The van der Waals surface area contributed by atoms with E-state index < -0.39 is 10.0 Å². The number of H-pyrrole nitrogens is 1. The molecule has 28 heavy (non-hydrogen) atoms. The average molecular weight is 389 g/mol. The van der Waals surface area contributed by atoms with Gasteiger partial charge in [-0.05, 0) is 48.5 Å². The van der Waals surface area contributed by atoms with E-state index in [-0.39, 0.29) is 4.90 Å². The number of hydrogen-bond donors (Lipinski definition) is 2. The fourth-order valence-electron chi connectivity index (χ4n) is 3.22. The summed E-state index contributed by atoms with van der Waals surface area (Å²) in [5, 5.41) is 0.552. The highest BCUT2D eigenvalue weighted by Gasteiger charge is 2.19. The number of aromatic amines is 1. The summed E-state index contributed by atoms with van der Waals surface area (Å²) in [6, 6.07) is 18.4.